The fourth-order valence-electron chi connectivity index (χ4n) is 3.09. The molecule has 1 aliphatic rings. The van der Waals surface area contributed by atoms with Gasteiger partial charge < -0.3 is 4.74 Å². The number of hydrogen-bond donors (Lipinski definition) is 0. The SMILES string of the molecule is CCOC(=O)CCCCCN1CCCCCC1CC(C)=O. The number of ether oxygens (including phenoxy) is 1. The molecule has 1 atom stereocenters. The van der Waals surface area contributed by atoms with E-state index in [1.54, 1.807) is 6.92 Å². The van der Waals surface area contributed by atoms with Crippen LogP contribution in [0.5, 0.6) is 0 Å². The van der Waals surface area contributed by atoms with Gasteiger partial charge in [-0.05, 0) is 52.6 Å². The van der Waals surface area contributed by atoms with Gasteiger partial charge in [0.15, 0.2) is 0 Å². The van der Waals surface area contributed by atoms with Crippen LogP contribution in [0.1, 0.15) is 71.6 Å². The summed E-state index contributed by atoms with van der Waals surface area (Å²) in [6.45, 7) is 6.19. The maximum Gasteiger partial charge on any atom is 0.305 e. The van der Waals surface area contributed by atoms with Crippen LogP contribution in [-0.2, 0) is 14.3 Å². The first kappa shape index (κ1) is 18.1. The standard InChI is InChI=1S/C17H31NO3/c1-3-21-17(20)11-7-5-9-13-18-12-8-4-6-10-16(18)14-15(2)19/h16H,3-14H2,1-2H3. The number of hydrogen-bond acceptors (Lipinski definition) is 4. The van der Waals surface area contributed by atoms with E-state index in [-0.39, 0.29) is 5.97 Å². The first-order valence-corrected chi connectivity index (χ1v) is 8.52. The van der Waals surface area contributed by atoms with E-state index in [9.17, 15) is 9.59 Å². The second kappa shape index (κ2) is 10.8. The first-order valence-electron chi connectivity index (χ1n) is 8.52. The van der Waals surface area contributed by atoms with Gasteiger partial charge in [-0.2, -0.15) is 0 Å². The summed E-state index contributed by atoms with van der Waals surface area (Å²) in [5.74, 6) is 0.218. The Hall–Kier alpha value is -0.900. The zero-order chi connectivity index (χ0) is 15.5. The van der Waals surface area contributed by atoms with Crippen LogP contribution in [-0.4, -0.2) is 42.4 Å². The molecule has 1 saturated heterocycles. The van der Waals surface area contributed by atoms with Crippen molar-refractivity contribution in [3.05, 3.63) is 0 Å². The van der Waals surface area contributed by atoms with Crippen LogP contribution in [0.25, 0.3) is 0 Å². The Morgan fingerprint density at radius 1 is 1.14 bits per heavy atom. The molecule has 0 amide bonds. The Morgan fingerprint density at radius 2 is 1.95 bits per heavy atom. The molecule has 1 fully saturated rings. The van der Waals surface area contributed by atoms with E-state index in [0.717, 1.165) is 38.8 Å². The summed E-state index contributed by atoms with van der Waals surface area (Å²) in [6, 6.07) is 0.440. The van der Waals surface area contributed by atoms with E-state index < -0.39 is 0 Å². The third-order valence-electron chi connectivity index (χ3n) is 4.15. The minimum absolute atomic E-state index is 0.0817. The smallest absolute Gasteiger partial charge is 0.305 e. The van der Waals surface area contributed by atoms with Gasteiger partial charge in [0, 0.05) is 18.9 Å². The maximum atomic E-state index is 11.4. The zero-order valence-electron chi connectivity index (χ0n) is 13.7. The van der Waals surface area contributed by atoms with E-state index in [0.29, 0.717) is 31.3 Å². The summed E-state index contributed by atoms with van der Waals surface area (Å²) in [5.41, 5.74) is 0. The van der Waals surface area contributed by atoms with E-state index in [4.69, 9.17) is 4.74 Å². The summed E-state index contributed by atoms with van der Waals surface area (Å²) in [4.78, 5) is 25.2. The molecule has 0 aromatic heterocycles. The lowest BCUT2D eigenvalue weighted by molar-refractivity contribution is -0.143. The minimum Gasteiger partial charge on any atom is -0.466 e. The third-order valence-corrected chi connectivity index (χ3v) is 4.15. The van der Waals surface area contributed by atoms with Crippen LogP contribution in [0.2, 0.25) is 0 Å². The Bertz CT molecular complexity index is 317. The molecule has 0 aromatic rings. The van der Waals surface area contributed by atoms with Crippen molar-refractivity contribution in [2.24, 2.45) is 0 Å². The molecule has 21 heavy (non-hydrogen) atoms. The molecule has 0 spiro atoms. The predicted molar refractivity (Wildman–Crippen MR) is 84.2 cm³/mol. The van der Waals surface area contributed by atoms with Gasteiger partial charge in [0.1, 0.15) is 5.78 Å². The van der Waals surface area contributed by atoms with Gasteiger partial charge in [-0.25, -0.2) is 0 Å². The molecular weight excluding hydrogens is 266 g/mol. The molecule has 122 valence electrons. The summed E-state index contributed by atoms with van der Waals surface area (Å²) in [6.07, 6.45) is 9.23. The van der Waals surface area contributed by atoms with Crippen LogP contribution in [0.3, 0.4) is 0 Å². The average molecular weight is 297 g/mol. The highest BCUT2D eigenvalue weighted by Gasteiger charge is 2.21. The molecule has 1 rings (SSSR count). The average Bonchev–Trinajstić information content (AvgIpc) is 2.64. The van der Waals surface area contributed by atoms with Gasteiger partial charge in [0.2, 0.25) is 0 Å². The molecule has 1 aliphatic heterocycles. The molecule has 1 heterocycles. The number of esters is 1. The molecule has 0 saturated carbocycles. The van der Waals surface area contributed by atoms with Crippen molar-refractivity contribution in [3.8, 4) is 0 Å². The fraction of sp³-hybridized carbons (Fsp3) is 0.882. The number of Topliss-reactive ketones (excluding diaryl/α,β-unsaturated/α-hetero) is 1. The third kappa shape index (κ3) is 8.20. The molecular formula is C17H31NO3. The lowest BCUT2D eigenvalue weighted by Crippen LogP contribution is -2.36. The summed E-state index contributed by atoms with van der Waals surface area (Å²) in [5, 5.41) is 0. The monoisotopic (exact) mass is 297 g/mol. The van der Waals surface area contributed by atoms with Crippen LogP contribution in [0, 0.1) is 0 Å². The Labute approximate surface area is 129 Å². The number of rotatable bonds is 9. The lowest BCUT2D eigenvalue weighted by Gasteiger charge is -2.29. The van der Waals surface area contributed by atoms with Gasteiger partial charge in [-0.15, -0.1) is 0 Å². The molecule has 0 N–H and O–H groups in total. The topological polar surface area (TPSA) is 46.6 Å². The normalized spacial score (nSPS) is 20.0. The molecule has 0 radical (unpaired) electrons. The molecule has 0 aliphatic carbocycles. The number of unbranched alkanes of at least 4 members (excludes halogenated alkanes) is 2. The van der Waals surface area contributed by atoms with Crippen LogP contribution < -0.4 is 0 Å². The van der Waals surface area contributed by atoms with E-state index >= 15 is 0 Å². The highest BCUT2D eigenvalue weighted by atomic mass is 16.5. The Kier molecular flexibility index (Phi) is 9.31. The number of likely N-dealkylation sites (tertiary alicyclic amines) is 1. The highest BCUT2D eigenvalue weighted by molar-refractivity contribution is 5.76. The van der Waals surface area contributed by atoms with Crippen molar-refractivity contribution < 1.29 is 14.3 Å². The molecule has 1 unspecified atom stereocenters. The second-order valence-corrected chi connectivity index (χ2v) is 6.06. The molecule has 4 nitrogen and oxygen atoms in total. The van der Waals surface area contributed by atoms with Gasteiger partial charge in [0.05, 0.1) is 6.61 Å². The predicted octanol–water partition coefficient (Wildman–Crippen LogP) is 3.33. The molecule has 0 aromatic carbocycles. The zero-order valence-corrected chi connectivity index (χ0v) is 13.7. The van der Waals surface area contributed by atoms with Gasteiger partial charge in [-0.1, -0.05) is 19.3 Å². The van der Waals surface area contributed by atoms with Crippen molar-refractivity contribution in [1.29, 1.82) is 0 Å². The number of carbonyl (C=O) groups is 2. The van der Waals surface area contributed by atoms with E-state index in [1.807, 2.05) is 6.92 Å². The lowest BCUT2D eigenvalue weighted by atomic mass is 10.0. The fourth-order valence-corrected chi connectivity index (χ4v) is 3.09. The Morgan fingerprint density at radius 3 is 2.67 bits per heavy atom. The molecule has 4 heteroatoms. The van der Waals surface area contributed by atoms with Gasteiger partial charge in [0.25, 0.3) is 0 Å². The van der Waals surface area contributed by atoms with Crippen molar-refractivity contribution in [3.63, 3.8) is 0 Å². The number of ketones is 1. The van der Waals surface area contributed by atoms with Crippen molar-refractivity contribution in [2.75, 3.05) is 19.7 Å². The van der Waals surface area contributed by atoms with Crippen LogP contribution in [0.15, 0.2) is 0 Å². The maximum absolute atomic E-state index is 11.4. The van der Waals surface area contributed by atoms with Crippen molar-refractivity contribution >= 4 is 11.8 Å². The second-order valence-electron chi connectivity index (χ2n) is 6.06. The first-order chi connectivity index (χ1) is 10.1. The molecule has 0 bridgehead atoms. The van der Waals surface area contributed by atoms with E-state index in [2.05, 4.69) is 4.90 Å². The van der Waals surface area contributed by atoms with Crippen molar-refractivity contribution in [2.45, 2.75) is 77.7 Å². The minimum atomic E-state index is -0.0817. The number of carbonyl (C=O) groups excluding carboxylic acids is 2. The van der Waals surface area contributed by atoms with Crippen LogP contribution in [0.4, 0.5) is 0 Å². The van der Waals surface area contributed by atoms with E-state index in [1.165, 1.54) is 19.3 Å². The quantitative estimate of drug-likeness (QED) is 0.484. The highest BCUT2D eigenvalue weighted by Crippen LogP contribution is 2.20. The van der Waals surface area contributed by atoms with Gasteiger partial charge in [-0.3, -0.25) is 14.5 Å². The summed E-state index contributed by atoms with van der Waals surface area (Å²) in [7, 11) is 0. The summed E-state index contributed by atoms with van der Waals surface area (Å²) < 4.78 is 4.93. The Balaban J connectivity index is 2.23. The van der Waals surface area contributed by atoms with Crippen LogP contribution >= 0.6 is 0 Å². The van der Waals surface area contributed by atoms with Crippen molar-refractivity contribution in [1.82, 2.24) is 4.90 Å². The summed E-state index contributed by atoms with van der Waals surface area (Å²) >= 11 is 0. The van der Waals surface area contributed by atoms with Gasteiger partial charge >= 0.3 is 5.97 Å². The largest absolute Gasteiger partial charge is 0.466 e. The number of nitrogens with zero attached hydrogens (tertiary/aromatic N) is 1.